The highest BCUT2D eigenvalue weighted by atomic mass is 79.9. The van der Waals surface area contributed by atoms with Gasteiger partial charge in [0.1, 0.15) is 6.61 Å². The molecule has 0 radical (unpaired) electrons. The third-order valence-electron chi connectivity index (χ3n) is 6.68. The summed E-state index contributed by atoms with van der Waals surface area (Å²) < 4.78 is 8.22. The number of nitrogens with one attached hydrogen (secondary N) is 2. The van der Waals surface area contributed by atoms with Crippen LogP contribution in [0, 0.1) is 13.8 Å². The number of benzene rings is 2. The molecule has 0 unspecified atom stereocenters. The van der Waals surface area contributed by atoms with Crippen LogP contribution >= 0.6 is 28.1 Å². The summed E-state index contributed by atoms with van der Waals surface area (Å²) in [6.07, 6.45) is 1.81. The second-order valence-corrected chi connectivity index (χ2v) is 10.5. The first kappa shape index (κ1) is 26.1. The van der Waals surface area contributed by atoms with E-state index in [-0.39, 0.29) is 24.6 Å². The van der Waals surface area contributed by atoms with Crippen molar-refractivity contribution in [3.05, 3.63) is 106 Å². The summed E-state index contributed by atoms with van der Waals surface area (Å²) in [5.41, 5.74) is 7.05. The third kappa shape index (κ3) is 5.09. The van der Waals surface area contributed by atoms with Crippen LogP contribution in [-0.4, -0.2) is 34.3 Å². The van der Waals surface area contributed by atoms with Crippen LogP contribution in [0.1, 0.15) is 34.7 Å². The number of aryl methyl sites for hydroxylation is 1. The molecule has 1 amide bonds. The SMILES string of the molecule is COCC(=O)Nc1ccc(N2C(=S)N[C@@H](c3ccccn3)[C@@H]2c2cc(C)n(-c3ccc(Br)cc3)c2C)cc1. The Morgan fingerprint density at radius 1 is 1.08 bits per heavy atom. The molecule has 0 spiro atoms. The van der Waals surface area contributed by atoms with Crippen molar-refractivity contribution in [2.45, 2.75) is 25.9 Å². The average Bonchev–Trinajstić information content (AvgIpc) is 3.41. The van der Waals surface area contributed by atoms with E-state index in [0.29, 0.717) is 10.8 Å². The molecule has 7 nitrogen and oxygen atoms in total. The van der Waals surface area contributed by atoms with Gasteiger partial charge in [-0.1, -0.05) is 22.0 Å². The van der Waals surface area contributed by atoms with Gasteiger partial charge in [0.05, 0.1) is 17.8 Å². The molecule has 2 aromatic heterocycles. The summed E-state index contributed by atoms with van der Waals surface area (Å²) in [6.45, 7) is 4.27. The fourth-order valence-electron chi connectivity index (χ4n) is 5.06. The predicted octanol–water partition coefficient (Wildman–Crippen LogP) is 6.01. The van der Waals surface area contributed by atoms with E-state index in [1.165, 1.54) is 7.11 Å². The number of rotatable bonds is 7. The van der Waals surface area contributed by atoms with Crippen molar-refractivity contribution >= 4 is 50.5 Å². The first-order chi connectivity index (χ1) is 18.4. The Bertz CT molecular complexity index is 1460. The van der Waals surface area contributed by atoms with Crippen molar-refractivity contribution in [1.29, 1.82) is 0 Å². The summed E-state index contributed by atoms with van der Waals surface area (Å²) in [5.74, 6) is -0.202. The van der Waals surface area contributed by atoms with Gasteiger partial charge in [-0.25, -0.2) is 0 Å². The van der Waals surface area contributed by atoms with E-state index < -0.39 is 0 Å². The summed E-state index contributed by atoms with van der Waals surface area (Å²) in [7, 11) is 1.50. The molecule has 9 heteroatoms. The van der Waals surface area contributed by atoms with Crippen LogP contribution in [0.2, 0.25) is 0 Å². The maximum atomic E-state index is 12.0. The summed E-state index contributed by atoms with van der Waals surface area (Å²) in [6, 6.07) is 23.9. The molecule has 2 N–H and O–H groups in total. The zero-order chi connectivity index (χ0) is 26.8. The molecule has 38 heavy (non-hydrogen) atoms. The number of pyridine rings is 1. The van der Waals surface area contributed by atoms with Gasteiger partial charge in [-0.3, -0.25) is 9.78 Å². The van der Waals surface area contributed by atoms with Gasteiger partial charge in [0, 0.05) is 46.2 Å². The normalized spacial score (nSPS) is 16.9. The first-order valence-electron chi connectivity index (χ1n) is 12.2. The Hall–Kier alpha value is -3.53. The number of hydrogen-bond acceptors (Lipinski definition) is 4. The molecule has 1 aliphatic heterocycles. The van der Waals surface area contributed by atoms with E-state index >= 15 is 0 Å². The lowest BCUT2D eigenvalue weighted by molar-refractivity contribution is -0.119. The smallest absolute Gasteiger partial charge is 0.250 e. The van der Waals surface area contributed by atoms with E-state index in [1.807, 2.05) is 48.7 Å². The van der Waals surface area contributed by atoms with E-state index in [2.05, 4.69) is 85.2 Å². The quantitative estimate of drug-likeness (QED) is 0.257. The van der Waals surface area contributed by atoms with E-state index in [4.69, 9.17) is 17.0 Å². The number of ether oxygens (including phenoxy) is 1. The molecule has 0 aliphatic carbocycles. The van der Waals surface area contributed by atoms with Gasteiger partial charge in [-0.2, -0.15) is 0 Å². The number of carbonyl (C=O) groups is 1. The van der Waals surface area contributed by atoms with Gasteiger partial charge in [0.15, 0.2) is 5.11 Å². The monoisotopic (exact) mass is 589 g/mol. The number of anilines is 2. The lowest BCUT2D eigenvalue weighted by Gasteiger charge is -2.28. The van der Waals surface area contributed by atoms with Gasteiger partial charge in [-0.15, -0.1) is 0 Å². The minimum absolute atomic E-state index is 0.00367. The van der Waals surface area contributed by atoms with Crippen molar-refractivity contribution in [2.24, 2.45) is 0 Å². The molecule has 5 rings (SSSR count). The summed E-state index contributed by atoms with van der Waals surface area (Å²) in [4.78, 5) is 18.8. The zero-order valence-corrected chi connectivity index (χ0v) is 23.7. The molecule has 1 aliphatic rings. The van der Waals surface area contributed by atoms with E-state index in [9.17, 15) is 4.79 Å². The van der Waals surface area contributed by atoms with Crippen LogP contribution in [0.3, 0.4) is 0 Å². The lowest BCUT2D eigenvalue weighted by Crippen LogP contribution is -2.29. The molecule has 0 saturated carbocycles. The minimum Gasteiger partial charge on any atom is -0.375 e. The van der Waals surface area contributed by atoms with Gasteiger partial charge in [0.25, 0.3) is 0 Å². The summed E-state index contributed by atoms with van der Waals surface area (Å²) >= 11 is 9.43. The van der Waals surface area contributed by atoms with Crippen molar-refractivity contribution < 1.29 is 9.53 Å². The minimum atomic E-state index is -0.202. The van der Waals surface area contributed by atoms with Crippen LogP contribution < -0.4 is 15.5 Å². The van der Waals surface area contributed by atoms with Crippen LogP contribution in [0.15, 0.2) is 83.5 Å². The van der Waals surface area contributed by atoms with Crippen LogP contribution in [0.5, 0.6) is 0 Å². The molecule has 0 bridgehead atoms. The number of hydrogen-bond donors (Lipinski definition) is 2. The van der Waals surface area contributed by atoms with Crippen molar-refractivity contribution in [2.75, 3.05) is 23.9 Å². The second kappa shape index (κ2) is 11.1. The lowest BCUT2D eigenvalue weighted by atomic mass is 9.96. The maximum absolute atomic E-state index is 12.0. The highest BCUT2D eigenvalue weighted by Crippen LogP contribution is 2.44. The highest BCUT2D eigenvalue weighted by Gasteiger charge is 2.42. The number of aromatic nitrogens is 2. The van der Waals surface area contributed by atoms with Crippen LogP contribution in [-0.2, 0) is 9.53 Å². The Morgan fingerprint density at radius 3 is 2.45 bits per heavy atom. The Labute approximate surface area is 236 Å². The topological polar surface area (TPSA) is 71.4 Å². The number of carbonyl (C=O) groups excluding carboxylic acids is 1. The van der Waals surface area contributed by atoms with Gasteiger partial charge >= 0.3 is 0 Å². The predicted molar refractivity (Wildman–Crippen MR) is 158 cm³/mol. The van der Waals surface area contributed by atoms with Crippen LogP contribution in [0.4, 0.5) is 11.4 Å². The highest BCUT2D eigenvalue weighted by molar-refractivity contribution is 9.10. The van der Waals surface area contributed by atoms with Gasteiger partial charge < -0.3 is 24.8 Å². The average molecular weight is 591 g/mol. The van der Waals surface area contributed by atoms with E-state index in [1.54, 1.807) is 0 Å². The number of methoxy groups -OCH3 is 1. The van der Waals surface area contributed by atoms with Crippen molar-refractivity contribution in [1.82, 2.24) is 14.9 Å². The Balaban J connectivity index is 1.57. The first-order valence-corrected chi connectivity index (χ1v) is 13.4. The summed E-state index contributed by atoms with van der Waals surface area (Å²) in [5, 5.41) is 6.99. The third-order valence-corrected chi connectivity index (χ3v) is 7.52. The van der Waals surface area contributed by atoms with Crippen molar-refractivity contribution in [3.63, 3.8) is 0 Å². The Kier molecular flexibility index (Phi) is 7.60. The number of nitrogens with zero attached hydrogens (tertiary/aromatic N) is 3. The van der Waals surface area contributed by atoms with Gasteiger partial charge in [0.2, 0.25) is 5.91 Å². The molecule has 2 atom stereocenters. The fraction of sp³-hybridized carbons (Fsp3) is 0.207. The molecular formula is C29H28BrN5O2S. The number of thiocarbonyl (C=S) groups is 1. The Morgan fingerprint density at radius 2 is 1.79 bits per heavy atom. The molecule has 2 aromatic carbocycles. The number of halogens is 1. The standard InChI is InChI=1S/C29H28BrN5O2S/c1-18-16-24(19(2)34(18)22-11-7-20(30)8-12-22)28-27(25-6-4-5-15-31-25)33-29(38)35(28)23-13-9-21(10-14-23)32-26(36)17-37-3/h4-16,27-28H,17H2,1-3H3,(H,32,36)(H,33,38)/t27-,28-/m0/s1. The van der Waals surface area contributed by atoms with Crippen molar-refractivity contribution in [3.8, 4) is 5.69 Å². The second-order valence-electron chi connectivity index (χ2n) is 9.16. The largest absolute Gasteiger partial charge is 0.375 e. The molecule has 194 valence electrons. The van der Waals surface area contributed by atoms with Gasteiger partial charge in [-0.05, 0) is 98.4 Å². The molecular weight excluding hydrogens is 562 g/mol. The molecule has 1 saturated heterocycles. The molecule has 3 heterocycles. The number of amides is 1. The van der Waals surface area contributed by atoms with Crippen LogP contribution in [0.25, 0.3) is 5.69 Å². The fourth-order valence-corrected chi connectivity index (χ4v) is 5.67. The van der Waals surface area contributed by atoms with E-state index in [0.717, 1.165) is 38.5 Å². The molecule has 4 aromatic rings. The maximum Gasteiger partial charge on any atom is 0.250 e. The molecule has 1 fully saturated rings. The zero-order valence-electron chi connectivity index (χ0n) is 21.3.